The maximum Gasteiger partial charge on any atom is 0.295 e. The molecule has 0 saturated carbocycles. The maximum atomic E-state index is 12.0. The third-order valence-electron chi connectivity index (χ3n) is 4.23. The maximum absolute atomic E-state index is 12.0. The molecule has 0 aliphatic carbocycles. The Kier molecular flexibility index (Phi) is 3.42. The SMILES string of the molecule is CONC(=O)c1cc2n(n1)CCc1cnn(-c3ccccc3C)c1-2. The predicted octanol–water partition coefficient (Wildman–Crippen LogP) is 1.89. The molecule has 0 fully saturated rings. The first kappa shape index (κ1) is 14.6. The molecular weight excluding hydrogens is 306 g/mol. The number of rotatable bonds is 3. The van der Waals surface area contributed by atoms with Gasteiger partial charge >= 0.3 is 0 Å². The lowest BCUT2D eigenvalue weighted by Crippen LogP contribution is -2.22. The summed E-state index contributed by atoms with van der Waals surface area (Å²) in [6.45, 7) is 2.78. The van der Waals surface area contributed by atoms with Crippen LogP contribution >= 0.6 is 0 Å². The Morgan fingerprint density at radius 2 is 2.17 bits per heavy atom. The molecule has 0 radical (unpaired) electrons. The topological polar surface area (TPSA) is 74.0 Å². The molecule has 7 nitrogen and oxygen atoms in total. The average molecular weight is 323 g/mol. The molecule has 3 heterocycles. The standard InChI is InChI=1S/C17H17N5O2/c1-11-5-3-4-6-14(11)22-16-12(10-18-22)7-8-21-15(16)9-13(19-21)17(23)20-24-2/h3-6,9-10H,7-8H2,1-2H3,(H,20,23). The Morgan fingerprint density at radius 3 is 2.96 bits per heavy atom. The molecule has 1 aromatic carbocycles. The van der Waals surface area contributed by atoms with Crippen LogP contribution in [0.2, 0.25) is 0 Å². The largest absolute Gasteiger partial charge is 0.295 e. The number of hydrogen-bond donors (Lipinski definition) is 1. The van der Waals surface area contributed by atoms with Crippen molar-refractivity contribution in [3.8, 4) is 17.1 Å². The van der Waals surface area contributed by atoms with Crippen molar-refractivity contribution in [3.63, 3.8) is 0 Å². The number of hydrogen-bond acceptors (Lipinski definition) is 4. The van der Waals surface area contributed by atoms with E-state index in [9.17, 15) is 4.79 Å². The van der Waals surface area contributed by atoms with Gasteiger partial charge in [0.2, 0.25) is 0 Å². The number of nitrogens with one attached hydrogen (secondary N) is 1. The van der Waals surface area contributed by atoms with E-state index in [0.717, 1.165) is 41.2 Å². The van der Waals surface area contributed by atoms with Crippen LogP contribution in [0.5, 0.6) is 0 Å². The molecule has 2 aromatic heterocycles. The van der Waals surface area contributed by atoms with Crippen molar-refractivity contribution in [2.24, 2.45) is 0 Å². The minimum absolute atomic E-state index is 0.331. The molecule has 24 heavy (non-hydrogen) atoms. The van der Waals surface area contributed by atoms with E-state index in [1.807, 2.05) is 33.8 Å². The quantitative estimate of drug-likeness (QED) is 0.747. The summed E-state index contributed by atoms with van der Waals surface area (Å²) in [4.78, 5) is 16.7. The zero-order chi connectivity index (χ0) is 16.7. The van der Waals surface area contributed by atoms with Crippen LogP contribution in [-0.2, 0) is 17.8 Å². The van der Waals surface area contributed by atoms with E-state index in [0.29, 0.717) is 5.69 Å². The molecular formula is C17H17N5O2. The van der Waals surface area contributed by atoms with Gasteiger partial charge in [0.25, 0.3) is 5.91 Å². The van der Waals surface area contributed by atoms with Crippen LogP contribution in [0, 0.1) is 6.92 Å². The van der Waals surface area contributed by atoms with Crippen molar-refractivity contribution >= 4 is 5.91 Å². The fraction of sp³-hybridized carbons (Fsp3) is 0.235. The fourth-order valence-electron chi connectivity index (χ4n) is 3.08. The lowest BCUT2D eigenvalue weighted by atomic mass is 10.1. The number of amides is 1. The highest BCUT2D eigenvalue weighted by Crippen LogP contribution is 2.32. The molecule has 0 spiro atoms. The number of fused-ring (bicyclic) bond motifs is 3. The molecule has 0 saturated heterocycles. The summed E-state index contributed by atoms with van der Waals surface area (Å²) in [5, 5.41) is 8.96. The van der Waals surface area contributed by atoms with Gasteiger partial charge in [-0.15, -0.1) is 0 Å². The second-order valence-corrected chi connectivity index (χ2v) is 5.74. The van der Waals surface area contributed by atoms with Crippen molar-refractivity contribution in [2.45, 2.75) is 19.9 Å². The number of aryl methyl sites for hydroxylation is 3. The van der Waals surface area contributed by atoms with E-state index in [1.54, 1.807) is 6.07 Å². The fourth-order valence-corrected chi connectivity index (χ4v) is 3.08. The molecule has 0 atom stereocenters. The lowest BCUT2D eigenvalue weighted by Gasteiger charge is -2.17. The third-order valence-corrected chi connectivity index (χ3v) is 4.23. The highest BCUT2D eigenvalue weighted by molar-refractivity contribution is 5.92. The van der Waals surface area contributed by atoms with Crippen molar-refractivity contribution in [3.05, 3.63) is 53.3 Å². The van der Waals surface area contributed by atoms with Gasteiger partial charge in [-0.2, -0.15) is 10.2 Å². The number of benzene rings is 1. The number of aromatic nitrogens is 4. The summed E-state index contributed by atoms with van der Waals surface area (Å²) in [5.74, 6) is -0.358. The van der Waals surface area contributed by atoms with Crippen molar-refractivity contribution in [1.82, 2.24) is 25.0 Å². The Labute approximate surface area is 138 Å². The van der Waals surface area contributed by atoms with Gasteiger partial charge in [-0.1, -0.05) is 18.2 Å². The van der Waals surface area contributed by atoms with Crippen molar-refractivity contribution < 1.29 is 9.63 Å². The molecule has 0 bridgehead atoms. The summed E-state index contributed by atoms with van der Waals surface area (Å²) in [7, 11) is 1.40. The summed E-state index contributed by atoms with van der Waals surface area (Å²) in [6.07, 6.45) is 2.73. The minimum atomic E-state index is -0.358. The molecule has 1 amide bonds. The van der Waals surface area contributed by atoms with Crippen LogP contribution in [-0.4, -0.2) is 32.6 Å². The lowest BCUT2D eigenvalue weighted by molar-refractivity contribution is 0.0531. The van der Waals surface area contributed by atoms with Crippen molar-refractivity contribution in [2.75, 3.05) is 7.11 Å². The Morgan fingerprint density at radius 1 is 1.33 bits per heavy atom. The van der Waals surface area contributed by atoms with E-state index in [-0.39, 0.29) is 5.91 Å². The summed E-state index contributed by atoms with van der Waals surface area (Å²) >= 11 is 0. The van der Waals surface area contributed by atoms with Crippen LogP contribution < -0.4 is 5.48 Å². The molecule has 3 aromatic rings. The van der Waals surface area contributed by atoms with Gasteiger partial charge in [-0.05, 0) is 31.0 Å². The molecule has 0 unspecified atom stereocenters. The smallest absolute Gasteiger partial charge is 0.277 e. The van der Waals surface area contributed by atoms with Gasteiger partial charge in [0.05, 0.1) is 30.4 Å². The first-order chi connectivity index (χ1) is 11.7. The van der Waals surface area contributed by atoms with E-state index in [2.05, 4.69) is 33.5 Å². The van der Waals surface area contributed by atoms with Crippen LogP contribution in [0.1, 0.15) is 21.6 Å². The van der Waals surface area contributed by atoms with E-state index >= 15 is 0 Å². The summed E-state index contributed by atoms with van der Waals surface area (Å²) in [6, 6.07) is 9.88. The number of nitrogens with zero attached hydrogens (tertiary/aromatic N) is 4. The predicted molar refractivity (Wildman–Crippen MR) is 87.7 cm³/mol. The van der Waals surface area contributed by atoms with Crippen LogP contribution in [0.4, 0.5) is 0 Å². The number of para-hydroxylation sites is 1. The van der Waals surface area contributed by atoms with Gasteiger partial charge in [0.1, 0.15) is 0 Å². The average Bonchev–Trinajstić information content (AvgIpc) is 3.19. The van der Waals surface area contributed by atoms with E-state index < -0.39 is 0 Å². The Bertz CT molecular complexity index is 925. The summed E-state index contributed by atoms with van der Waals surface area (Å²) in [5.41, 5.74) is 7.83. The molecule has 122 valence electrons. The zero-order valence-electron chi connectivity index (χ0n) is 13.5. The first-order valence-corrected chi connectivity index (χ1v) is 7.73. The molecule has 1 aliphatic rings. The highest BCUT2D eigenvalue weighted by Gasteiger charge is 2.25. The second-order valence-electron chi connectivity index (χ2n) is 5.74. The Balaban J connectivity index is 1.85. The minimum Gasteiger partial charge on any atom is -0.277 e. The molecule has 1 N–H and O–H groups in total. The van der Waals surface area contributed by atoms with Crippen LogP contribution in [0.15, 0.2) is 36.5 Å². The van der Waals surface area contributed by atoms with Crippen LogP contribution in [0.3, 0.4) is 0 Å². The van der Waals surface area contributed by atoms with Crippen molar-refractivity contribution in [1.29, 1.82) is 0 Å². The monoisotopic (exact) mass is 323 g/mol. The molecule has 7 heteroatoms. The number of carbonyl (C=O) groups excluding carboxylic acids is 1. The Hall–Kier alpha value is -2.93. The number of carbonyl (C=O) groups is 1. The van der Waals surface area contributed by atoms with Gasteiger partial charge in [-0.25, -0.2) is 10.2 Å². The van der Waals surface area contributed by atoms with Gasteiger partial charge in [0, 0.05) is 12.1 Å². The van der Waals surface area contributed by atoms with E-state index in [1.165, 1.54) is 7.11 Å². The third kappa shape index (κ3) is 2.21. The second kappa shape index (κ2) is 5.61. The summed E-state index contributed by atoms with van der Waals surface area (Å²) < 4.78 is 3.78. The zero-order valence-corrected chi connectivity index (χ0v) is 13.5. The highest BCUT2D eigenvalue weighted by atomic mass is 16.6. The first-order valence-electron chi connectivity index (χ1n) is 7.73. The van der Waals surface area contributed by atoms with Gasteiger partial charge in [-0.3, -0.25) is 14.3 Å². The number of hydroxylamine groups is 1. The normalized spacial score (nSPS) is 12.6. The van der Waals surface area contributed by atoms with Gasteiger partial charge in [0.15, 0.2) is 5.69 Å². The molecule has 1 aliphatic heterocycles. The van der Waals surface area contributed by atoms with E-state index in [4.69, 9.17) is 0 Å². The van der Waals surface area contributed by atoms with Gasteiger partial charge < -0.3 is 0 Å². The van der Waals surface area contributed by atoms with Crippen LogP contribution in [0.25, 0.3) is 17.1 Å². The molecule has 4 rings (SSSR count).